The molecule has 2 saturated heterocycles. The Morgan fingerprint density at radius 2 is 2.27 bits per heavy atom. The number of carbonyl (C=O) groups is 2. The van der Waals surface area contributed by atoms with Crippen LogP contribution in [0.15, 0.2) is 18.2 Å². The van der Waals surface area contributed by atoms with Gasteiger partial charge in [-0.25, -0.2) is 0 Å². The van der Waals surface area contributed by atoms with Crippen LogP contribution < -0.4 is 20.3 Å². The molecule has 0 aliphatic carbocycles. The molecule has 0 saturated carbocycles. The Morgan fingerprint density at radius 1 is 1.41 bits per heavy atom. The highest BCUT2D eigenvalue weighted by Gasteiger charge is 2.25. The molecule has 2 fully saturated rings. The Hall–Kier alpha value is -2.08. The molecule has 3 rings (SSSR count). The van der Waals surface area contributed by atoms with Crippen LogP contribution in [-0.2, 0) is 9.59 Å². The average Bonchev–Trinajstić information content (AvgIpc) is 3.18. The monoisotopic (exact) mass is 303 g/mol. The molecule has 1 aromatic rings. The van der Waals surface area contributed by atoms with Crippen molar-refractivity contribution in [3.8, 4) is 5.75 Å². The molecule has 22 heavy (non-hydrogen) atoms. The van der Waals surface area contributed by atoms with Crippen LogP contribution in [0.25, 0.3) is 0 Å². The maximum absolute atomic E-state index is 12.1. The van der Waals surface area contributed by atoms with Crippen molar-refractivity contribution in [2.75, 3.05) is 30.4 Å². The summed E-state index contributed by atoms with van der Waals surface area (Å²) in [6, 6.07) is 5.30. The number of nitrogens with one attached hydrogen (secondary N) is 2. The molecule has 2 N–H and O–H groups in total. The molecule has 6 nitrogen and oxygen atoms in total. The van der Waals surface area contributed by atoms with Gasteiger partial charge >= 0.3 is 0 Å². The summed E-state index contributed by atoms with van der Waals surface area (Å²) in [5, 5.41) is 6.07. The standard InChI is InChI=1S/C16H21N3O3/c1-22-14-10-11(18-16(21)12-4-2-8-17-12)6-7-13(14)19-9-3-5-15(19)20/h6-7,10,12,17H,2-5,8-9H2,1H3,(H,18,21). The molecule has 1 aromatic carbocycles. The number of hydrogen-bond donors (Lipinski definition) is 2. The molecule has 2 amide bonds. The van der Waals surface area contributed by atoms with Gasteiger partial charge in [0.15, 0.2) is 0 Å². The number of ether oxygens (including phenoxy) is 1. The molecular weight excluding hydrogens is 282 g/mol. The number of carbonyl (C=O) groups excluding carboxylic acids is 2. The van der Waals surface area contributed by atoms with E-state index in [0.29, 0.717) is 24.4 Å². The van der Waals surface area contributed by atoms with Crippen molar-refractivity contribution < 1.29 is 14.3 Å². The summed E-state index contributed by atoms with van der Waals surface area (Å²) in [7, 11) is 1.57. The smallest absolute Gasteiger partial charge is 0.241 e. The molecule has 2 aliphatic heterocycles. The second-order valence-corrected chi connectivity index (χ2v) is 5.67. The summed E-state index contributed by atoms with van der Waals surface area (Å²) in [6.45, 7) is 1.60. The van der Waals surface area contributed by atoms with E-state index in [1.807, 2.05) is 12.1 Å². The van der Waals surface area contributed by atoms with Crippen LogP contribution in [-0.4, -0.2) is 38.1 Å². The minimum absolute atomic E-state index is 0.0236. The van der Waals surface area contributed by atoms with E-state index in [2.05, 4.69) is 10.6 Å². The quantitative estimate of drug-likeness (QED) is 0.884. The molecule has 2 heterocycles. The molecule has 0 bridgehead atoms. The first-order chi connectivity index (χ1) is 10.7. The number of nitrogens with zero attached hydrogens (tertiary/aromatic N) is 1. The molecule has 0 spiro atoms. The van der Waals surface area contributed by atoms with E-state index in [1.165, 1.54) is 0 Å². The van der Waals surface area contributed by atoms with Crippen molar-refractivity contribution in [2.24, 2.45) is 0 Å². The first-order valence-corrected chi connectivity index (χ1v) is 7.71. The van der Waals surface area contributed by atoms with E-state index < -0.39 is 0 Å². The van der Waals surface area contributed by atoms with Gasteiger partial charge in [-0.05, 0) is 37.9 Å². The van der Waals surface area contributed by atoms with Gasteiger partial charge in [0, 0.05) is 24.7 Å². The Bertz CT molecular complexity index is 582. The zero-order valence-corrected chi connectivity index (χ0v) is 12.7. The number of rotatable bonds is 4. The summed E-state index contributed by atoms with van der Waals surface area (Å²) >= 11 is 0. The first kappa shape index (κ1) is 14.8. The van der Waals surface area contributed by atoms with E-state index in [1.54, 1.807) is 18.1 Å². The van der Waals surface area contributed by atoms with Crippen LogP contribution in [0.5, 0.6) is 5.75 Å². The minimum Gasteiger partial charge on any atom is -0.494 e. The van der Waals surface area contributed by atoms with Crippen LogP contribution in [0, 0.1) is 0 Å². The van der Waals surface area contributed by atoms with Crippen molar-refractivity contribution >= 4 is 23.2 Å². The Morgan fingerprint density at radius 3 is 2.91 bits per heavy atom. The van der Waals surface area contributed by atoms with Crippen LogP contribution in [0.4, 0.5) is 11.4 Å². The lowest BCUT2D eigenvalue weighted by Crippen LogP contribution is -2.35. The minimum atomic E-state index is -0.120. The summed E-state index contributed by atoms with van der Waals surface area (Å²) in [5.74, 6) is 0.697. The lowest BCUT2D eigenvalue weighted by molar-refractivity contribution is -0.118. The van der Waals surface area contributed by atoms with E-state index in [4.69, 9.17) is 4.74 Å². The van der Waals surface area contributed by atoms with E-state index >= 15 is 0 Å². The predicted molar refractivity (Wildman–Crippen MR) is 84.2 cm³/mol. The molecule has 1 unspecified atom stereocenters. The highest BCUT2D eigenvalue weighted by atomic mass is 16.5. The predicted octanol–water partition coefficient (Wildman–Crippen LogP) is 1.51. The van der Waals surface area contributed by atoms with Gasteiger partial charge < -0.3 is 20.3 Å². The SMILES string of the molecule is COc1cc(NC(=O)C2CCCN2)ccc1N1CCCC1=O. The van der Waals surface area contributed by atoms with Gasteiger partial charge in [0.25, 0.3) is 0 Å². The Balaban J connectivity index is 1.76. The van der Waals surface area contributed by atoms with Crippen molar-refractivity contribution in [2.45, 2.75) is 31.7 Å². The van der Waals surface area contributed by atoms with Gasteiger partial charge in [0.1, 0.15) is 5.75 Å². The molecule has 118 valence electrons. The van der Waals surface area contributed by atoms with E-state index in [9.17, 15) is 9.59 Å². The number of hydrogen-bond acceptors (Lipinski definition) is 4. The third-order valence-corrected chi connectivity index (χ3v) is 4.19. The average molecular weight is 303 g/mol. The highest BCUT2D eigenvalue weighted by Crippen LogP contribution is 2.33. The summed E-state index contributed by atoms with van der Waals surface area (Å²) in [6.07, 6.45) is 3.34. The molecule has 2 aliphatic rings. The van der Waals surface area contributed by atoms with E-state index in [-0.39, 0.29) is 17.9 Å². The van der Waals surface area contributed by atoms with Crippen molar-refractivity contribution in [1.82, 2.24) is 5.32 Å². The van der Waals surface area contributed by atoms with Gasteiger partial charge in [-0.15, -0.1) is 0 Å². The van der Waals surface area contributed by atoms with Gasteiger partial charge in [-0.3, -0.25) is 9.59 Å². The van der Waals surface area contributed by atoms with Crippen molar-refractivity contribution in [3.05, 3.63) is 18.2 Å². The number of anilines is 2. The second kappa shape index (κ2) is 6.36. The number of benzene rings is 1. The van der Waals surface area contributed by atoms with Crippen LogP contribution in [0.3, 0.4) is 0 Å². The fraction of sp³-hybridized carbons (Fsp3) is 0.500. The maximum Gasteiger partial charge on any atom is 0.241 e. The Labute approximate surface area is 129 Å². The second-order valence-electron chi connectivity index (χ2n) is 5.67. The molecule has 0 aromatic heterocycles. The molecule has 0 radical (unpaired) electrons. The fourth-order valence-electron chi connectivity index (χ4n) is 3.02. The third kappa shape index (κ3) is 2.92. The molecule has 1 atom stereocenters. The van der Waals surface area contributed by atoms with Crippen LogP contribution >= 0.6 is 0 Å². The third-order valence-electron chi connectivity index (χ3n) is 4.19. The van der Waals surface area contributed by atoms with Gasteiger partial charge in [0.05, 0.1) is 18.8 Å². The summed E-state index contributed by atoms with van der Waals surface area (Å²) in [4.78, 5) is 25.7. The highest BCUT2D eigenvalue weighted by molar-refractivity contribution is 5.98. The van der Waals surface area contributed by atoms with Crippen LogP contribution in [0.1, 0.15) is 25.7 Å². The van der Waals surface area contributed by atoms with E-state index in [0.717, 1.165) is 31.5 Å². The van der Waals surface area contributed by atoms with Gasteiger partial charge in [-0.1, -0.05) is 0 Å². The van der Waals surface area contributed by atoms with Crippen LogP contribution in [0.2, 0.25) is 0 Å². The molecular formula is C16H21N3O3. The molecule has 6 heteroatoms. The summed E-state index contributed by atoms with van der Waals surface area (Å²) < 4.78 is 5.39. The fourth-order valence-corrected chi connectivity index (χ4v) is 3.02. The lowest BCUT2D eigenvalue weighted by Gasteiger charge is -2.20. The maximum atomic E-state index is 12.1. The number of amides is 2. The van der Waals surface area contributed by atoms with Crippen molar-refractivity contribution in [3.63, 3.8) is 0 Å². The lowest BCUT2D eigenvalue weighted by atomic mass is 10.2. The zero-order chi connectivity index (χ0) is 15.5. The number of methoxy groups -OCH3 is 1. The topological polar surface area (TPSA) is 70.7 Å². The first-order valence-electron chi connectivity index (χ1n) is 7.71. The van der Waals surface area contributed by atoms with Crippen molar-refractivity contribution in [1.29, 1.82) is 0 Å². The largest absolute Gasteiger partial charge is 0.494 e. The normalized spacial score (nSPS) is 21.2. The Kier molecular flexibility index (Phi) is 4.29. The van der Waals surface area contributed by atoms with Gasteiger partial charge in [0.2, 0.25) is 11.8 Å². The summed E-state index contributed by atoms with van der Waals surface area (Å²) in [5.41, 5.74) is 1.45. The zero-order valence-electron chi connectivity index (χ0n) is 12.7. The van der Waals surface area contributed by atoms with Gasteiger partial charge in [-0.2, -0.15) is 0 Å².